The Morgan fingerprint density at radius 3 is 2.67 bits per heavy atom. The first-order chi connectivity index (χ1) is 13.3. The number of benzene rings is 2. The fraction of sp³-hybridized carbons (Fsp3) is 0.318. The number of hydrogen-bond donors (Lipinski definition) is 1. The maximum absolute atomic E-state index is 12.7. The second-order valence-corrected chi connectivity index (χ2v) is 7.42. The molecular weight excluding hydrogens is 338 g/mol. The molecule has 1 N–H and O–H groups in total. The molecule has 0 bridgehead atoms. The molecule has 0 spiro atoms. The van der Waals surface area contributed by atoms with E-state index in [4.69, 9.17) is 4.52 Å². The van der Waals surface area contributed by atoms with Crippen molar-refractivity contribution < 1.29 is 9.32 Å². The van der Waals surface area contributed by atoms with E-state index < -0.39 is 0 Å². The molecule has 1 saturated carbocycles. The Balaban J connectivity index is 1.31. The monoisotopic (exact) mass is 359 g/mol. The number of nitrogens with one attached hydrogen (secondary N) is 1. The summed E-state index contributed by atoms with van der Waals surface area (Å²) in [5, 5.41) is 7.24. The van der Waals surface area contributed by atoms with E-state index in [1.54, 1.807) is 0 Å². The van der Waals surface area contributed by atoms with Crippen LogP contribution in [-0.2, 0) is 6.42 Å². The number of carbonyl (C=O) groups excluding carboxylic acids is 1. The highest BCUT2D eigenvalue weighted by molar-refractivity contribution is 5.94. The molecule has 1 fully saturated rings. The minimum Gasteiger partial charge on any atom is -0.345 e. The Bertz CT molecular complexity index is 973. The molecule has 5 nitrogen and oxygen atoms in total. The van der Waals surface area contributed by atoms with Gasteiger partial charge in [0.25, 0.3) is 5.91 Å². The fourth-order valence-corrected chi connectivity index (χ4v) is 3.76. The van der Waals surface area contributed by atoms with Gasteiger partial charge in [-0.25, -0.2) is 0 Å². The average molecular weight is 359 g/mol. The van der Waals surface area contributed by atoms with Crippen molar-refractivity contribution in [2.45, 2.75) is 44.1 Å². The molecule has 3 aromatic rings. The molecular formula is C22H21N3O2. The van der Waals surface area contributed by atoms with Crippen LogP contribution in [0.5, 0.6) is 0 Å². The van der Waals surface area contributed by atoms with E-state index in [1.165, 1.54) is 11.1 Å². The number of rotatable bonds is 4. The van der Waals surface area contributed by atoms with Crippen LogP contribution in [0.3, 0.4) is 0 Å². The maximum Gasteiger partial charge on any atom is 0.251 e. The summed E-state index contributed by atoms with van der Waals surface area (Å²) in [6, 6.07) is 15.9. The topological polar surface area (TPSA) is 68.0 Å². The van der Waals surface area contributed by atoms with Gasteiger partial charge in [0.2, 0.25) is 11.7 Å². The van der Waals surface area contributed by atoms with Crippen LogP contribution in [-0.4, -0.2) is 16.0 Å². The minimum atomic E-state index is -0.0463. The molecule has 2 aromatic carbocycles. The SMILES string of the molecule is O=C(NC1CCCc2ccccc21)c1ccc(-c2noc(C3CC3)n2)cc1. The molecule has 2 aliphatic carbocycles. The second-order valence-electron chi connectivity index (χ2n) is 7.42. The molecule has 0 aliphatic heterocycles. The average Bonchev–Trinajstić information content (AvgIpc) is 3.45. The van der Waals surface area contributed by atoms with Crippen molar-refractivity contribution in [1.82, 2.24) is 15.5 Å². The summed E-state index contributed by atoms with van der Waals surface area (Å²) >= 11 is 0. The highest BCUT2D eigenvalue weighted by Gasteiger charge is 2.29. The largest absolute Gasteiger partial charge is 0.345 e. The number of aromatic nitrogens is 2. The smallest absolute Gasteiger partial charge is 0.251 e. The van der Waals surface area contributed by atoms with Gasteiger partial charge in [-0.2, -0.15) is 4.98 Å². The standard InChI is InChI=1S/C22H21N3O2/c26-21(23-19-7-3-5-14-4-1-2-6-18(14)19)16-10-8-15(9-11-16)20-24-22(27-25-20)17-12-13-17/h1-2,4,6,8-11,17,19H,3,5,7,12-13H2,(H,23,26). The molecule has 5 heteroatoms. The first-order valence-corrected chi connectivity index (χ1v) is 9.60. The highest BCUT2D eigenvalue weighted by Crippen LogP contribution is 2.39. The number of hydrogen-bond acceptors (Lipinski definition) is 4. The van der Waals surface area contributed by atoms with Crippen LogP contribution in [0.2, 0.25) is 0 Å². The molecule has 1 heterocycles. The van der Waals surface area contributed by atoms with Crippen molar-refractivity contribution in [2.75, 3.05) is 0 Å². The molecule has 1 unspecified atom stereocenters. The zero-order chi connectivity index (χ0) is 18.2. The van der Waals surface area contributed by atoms with Crippen molar-refractivity contribution in [3.63, 3.8) is 0 Å². The van der Waals surface area contributed by atoms with Crippen LogP contribution in [0, 0.1) is 0 Å². The fourth-order valence-electron chi connectivity index (χ4n) is 3.76. The Kier molecular flexibility index (Phi) is 4.00. The van der Waals surface area contributed by atoms with E-state index in [-0.39, 0.29) is 11.9 Å². The lowest BCUT2D eigenvalue weighted by Gasteiger charge is -2.26. The van der Waals surface area contributed by atoms with Gasteiger partial charge in [0, 0.05) is 17.0 Å². The number of fused-ring (bicyclic) bond motifs is 1. The Morgan fingerprint density at radius 1 is 1.04 bits per heavy atom. The molecule has 1 amide bonds. The van der Waals surface area contributed by atoms with E-state index in [0.29, 0.717) is 17.3 Å². The lowest BCUT2D eigenvalue weighted by molar-refractivity contribution is 0.0933. The molecule has 1 atom stereocenters. The summed E-state index contributed by atoms with van der Waals surface area (Å²) in [4.78, 5) is 17.2. The number of aryl methyl sites for hydroxylation is 1. The number of carbonyl (C=O) groups is 1. The summed E-state index contributed by atoms with van der Waals surface area (Å²) in [5.41, 5.74) is 4.10. The van der Waals surface area contributed by atoms with Gasteiger partial charge >= 0.3 is 0 Å². The Labute approximate surface area is 157 Å². The molecule has 27 heavy (non-hydrogen) atoms. The van der Waals surface area contributed by atoms with Crippen LogP contribution in [0.1, 0.15) is 65.0 Å². The lowest BCUT2D eigenvalue weighted by atomic mass is 9.87. The number of amides is 1. The van der Waals surface area contributed by atoms with Gasteiger partial charge < -0.3 is 9.84 Å². The summed E-state index contributed by atoms with van der Waals surface area (Å²) in [6.45, 7) is 0. The normalized spacial score (nSPS) is 18.7. The van der Waals surface area contributed by atoms with Gasteiger partial charge in [-0.05, 0) is 55.4 Å². The quantitative estimate of drug-likeness (QED) is 0.749. The van der Waals surface area contributed by atoms with Crippen LogP contribution in [0.25, 0.3) is 11.4 Å². The van der Waals surface area contributed by atoms with Crippen molar-refractivity contribution >= 4 is 5.91 Å². The Morgan fingerprint density at radius 2 is 1.85 bits per heavy atom. The Hall–Kier alpha value is -2.95. The zero-order valence-corrected chi connectivity index (χ0v) is 15.0. The number of nitrogens with zero attached hydrogens (tertiary/aromatic N) is 2. The summed E-state index contributed by atoms with van der Waals surface area (Å²) in [7, 11) is 0. The third-order valence-electron chi connectivity index (χ3n) is 5.45. The van der Waals surface area contributed by atoms with Crippen molar-refractivity contribution in [3.05, 3.63) is 71.1 Å². The van der Waals surface area contributed by atoms with Crippen LogP contribution < -0.4 is 5.32 Å². The third-order valence-corrected chi connectivity index (χ3v) is 5.45. The maximum atomic E-state index is 12.7. The molecule has 5 rings (SSSR count). The summed E-state index contributed by atoms with van der Waals surface area (Å²) in [6.07, 6.45) is 5.43. The van der Waals surface area contributed by atoms with Gasteiger partial charge in [0.05, 0.1) is 6.04 Å². The highest BCUT2D eigenvalue weighted by atomic mass is 16.5. The van der Waals surface area contributed by atoms with E-state index in [2.05, 4.69) is 33.7 Å². The van der Waals surface area contributed by atoms with E-state index in [9.17, 15) is 4.79 Å². The molecule has 136 valence electrons. The summed E-state index contributed by atoms with van der Waals surface area (Å²) in [5.74, 6) is 1.71. The van der Waals surface area contributed by atoms with E-state index in [1.807, 2.05) is 30.3 Å². The van der Waals surface area contributed by atoms with E-state index in [0.717, 1.165) is 43.6 Å². The van der Waals surface area contributed by atoms with Crippen LogP contribution in [0.4, 0.5) is 0 Å². The van der Waals surface area contributed by atoms with Gasteiger partial charge in [-0.15, -0.1) is 0 Å². The molecule has 2 aliphatic rings. The molecule has 0 saturated heterocycles. The van der Waals surface area contributed by atoms with Gasteiger partial charge in [0.15, 0.2) is 0 Å². The lowest BCUT2D eigenvalue weighted by Crippen LogP contribution is -2.30. The third kappa shape index (κ3) is 3.25. The predicted octanol–water partition coefficient (Wildman–Crippen LogP) is 4.42. The van der Waals surface area contributed by atoms with Crippen LogP contribution in [0.15, 0.2) is 53.1 Å². The van der Waals surface area contributed by atoms with Gasteiger partial charge in [-0.3, -0.25) is 4.79 Å². The minimum absolute atomic E-state index is 0.0463. The van der Waals surface area contributed by atoms with E-state index >= 15 is 0 Å². The van der Waals surface area contributed by atoms with Crippen molar-refractivity contribution in [2.24, 2.45) is 0 Å². The second kappa shape index (κ2) is 6.65. The first-order valence-electron chi connectivity index (χ1n) is 9.60. The predicted molar refractivity (Wildman–Crippen MR) is 101 cm³/mol. The molecule has 0 radical (unpaired) electrons. The van der Waals surface area contributed by atoms with Crippen molar-refractivity contribution in [1.29, 1.82) is 0 Å². The van der Waals surface area contributed by atoms with Gasteiger partial charge in [0.1, 0.15) is 0 Å². The van der Waals surface area contributed by atoms with Crippen LogP contribution >= 0.6 is 0 Å². The molecule has 1 aromatic heterocycles. The van der Waals surface area contributed by atoms with Gasteiger partial charge in [-0.1, -0.05) is 41.6 Å². The summed E-state index contributed by atoms with van der Waals surface area (Å²) < 4.78 is 5.31. The van der Waals surface area contributed by atoms with Crippen molar-refractivity contribution in [3.8, 4) is 11.4 Å². The first kappa shape index (κ1) is 16.2. The zero-order valence-electron chi connectivity index (χ0n) is 15.0.